The van der Waals surface area contributed by atoms with Crippen LogP contribution in [0.1, 0.15) is 12.5 Å². The molecule has 0 aliphatic carbocycles. The SMILES string of the molecule is CCc1ccc(NC(=O)C(=O)Nc2cccc(-c3nnco3)c2)cc1. The van der Waals surface area contributed by atoms with Gasteiger partial charge in [0.15, 0.2) is 0 Å². The molecule has 25 heavy (non-hydrogen) atoms. The fourth-order valence-corrected chi connectivity index (χ4v) is 2.23. The molecule has 0 aliphatic rings. The van der Waals surface area contributed by atoms with Crippen LogP contribution in [-0.4, -0.2) is 22.0 Å². The quantitative estimate of drug-likeness (QED) is 0.714. The van der Waals surface area contributed by atoms with Gasteiger partial charge in [-0.25, -0.2) is 0 Å². The van der Waals surface area contributed by atoms with Crippen molar-refractivity contribution >= 4 is 23.2 Å². The standard InChI is InChI=1S/C18H16N4O3/c1-2-12-6-8-14(9-7-12)20-16(23)17(24)21-15-5-3-4-13(10-15)18-22-19-11-25-18/h3-11H,2H2,1H3,(H,20,23)(H,21,24). The maximum atomic E-state index is 12.1. The van der Waals surface area contributed by atoms with Crippen molar-refractivity contribution in [3.05, 3.63) is 60.5 Å². The van der Waals surface area contributed by atoms with Crippen molar-refractivity contribution in [3.63, 3.8) is 0 Å². The van der Waals surface area contributed by atoms with Gasteiger partial charge in [-0.2, -0.15) is 0 Å². The second kappa shape index (κ2) is 7.39. The first kappa shape index (κ1) is 16.4. The summed E-state index contributed by atoms with van der Waals surface area (Å²) < 4.78 is 5.11. The van der Waals surface area contributed by atoms with Crippen molar-refractivity contribution < 1.29 is 14.0 Å². The summed E-state index contributed by atoms with van der Waals surface area (Å²) in [7, 11) is 0. The molecule has 0 saturated carbocycles. The van der Waals surface area contributed by atoms with Crippen LogP contribution >= 0.6 is 0 Å². The normalized spacial score (nSPS) is 10.3. The number of nitrogens with one attached hydrogen (secondary N) is 2. The van der Waals surface area contributed by atoms with E-state index in [4.69, 9.17) is 4.42 Å². The van der Waals surface area contributed by atoms with Crippen LogP contribution in [0.5, 0.6) is 0 Å². The zero-order chi connectivity index (χ0) is 17.6. The zero-order valence-corrected chi connectivity index (χ0v) is 13.5. The highest BCUT2D eigenvalue weighted by atomic mass is 16.4. The number of rotatable bonds is 4. The Morgan fingerprint density at radius 1 is 1.00 bits per heavy atom. The second-order valence-electron chi connectivity index (χ2n) is 5.28. The molecule has 2 amide bonds. The van der Waals surface area contributed by atoms with Crippen LogP contribution in [0, 0.1) is 0 Å². The predicted molar refractivity (Wildman–Crippen MR) is 92.8 cm³/mol. The number of amides is 2. The average molecular weight is 336 g/mol. The third-order valence-electron chi connectivity index (χ3n) is 3.55. The number of hydrogen-bond acceptors (Lipinski definition) is 5. The van der Waals surface area contributed by atoms with Crippen LogP contribution in [-0.2, 0) is 16.0 Å². The zero-order valence-electron chi connectivity index (χ0n) is 13.5. The third kappa shape index (κ3) is 4.08. The molecule has 3 aromatic rings. The van der Waals surface area contributed by atoms with Crippen molar-refractivity contribution in [2.24, 2.45) is 0 Å². The first-order chi connectivity index (χ1) is 12.2. The van der Waals surface area contributed by atoms with Crippen LogP contribution in [0.4, 0.5) is 11.4 Å². The number of nitrogens with zero attached hydrogens (tertiary/aromatic N) is 2. The molecule has 0 radical (unpaired) electrons. The Morgan fingerprint density at radius 2 is 1.72 bits per heavy atom. The summed E-state index contributed by atoms with van der Waals surface area (Å²) in [5, 5.41) is 12.5. The number of carbonyl (C=O) groups is 2. The van der Waals surface area contributed by atoms with Gasteiger partial charge in [-0.15, -0.1) is 10.2 Å². The summed E-state index contributed by atoms with van der Waals surface area (Å²) in [5.41, 5.74) is 2.82. The van der Waals surface area contributed by atoms with E-state index in [9.17, 15) is 9.59 Å². The lowest BCUT2D eigenvalue weighted by molar-refractivity contribution is -0.132. The Morgan fingerprint density at radius 3 is 2.36 bits per heavy atom. The number of benzene rings is 2. The fourth-order valence-electron chi connectivity index (χ4n) is 2.23. The Balaban J connectivity index is 1.65. The molecule has 7 heteroatoms. The van der Waals surface area contributed by atoms with E-state index in [-0.39, 0.29) is 0 Å². The monoisotopic (exact) mass is 336 g/mol. The average Bonchev–Trinajstić information content (AvgIpc) is 3.17. The van der Waals surface area contributed by atoms with E-state index in [1.54, 1.807) is 36.4 Å². The van der Waals surface area contributed by atoms with E-state index in [1.165, 1.54) is 6.39 Å². The van der Waals surface area contributed by atoms with Gasteiger partial charge in [-0.05, 0) is 42.3 Å². The van der Waals surface area contributed by atoms with Crippen molar-refractivity contribution in [1.29, 1.82) is 0 Å². The van der Waals surface area contributed by atoms with Gasteiger partial charge < -0.3 is 15.1 Å². The molecule has 0 bridgehead atoms. The highest BCUT2D eigenvalue weighted by Crippen LogP contribution is 2.20. The van der Waals surface area contributed by atoms with E-state index in [2.05, 4.69) is 20.8 Å². The Labute approximate surface area is 144 Å². The molecule has 126 valence electrons. The summed E-state index contributed by atoms with van der Waals surface area (Å²) in [6.45, 7) is 2.05. The molecular weight excluding hydrogens is 320 g/mol. The lowest BCUT2D eigenvalue weighted by Crippen LogP contribution is -2.29. The van der Waals surface area contributed by atoms with E-state index >= 15 is 0 Å². The van der Waals surface area contributed by atoms with Gasteiger partial charge in [0.1, 0.15) is 0 Å². The smallest absolute Gasteiger partial charge is 0.314 e. The van der Waals surface area contributed by atoms with Gasteiger partial charge in [0.25, 0.3) is 0 Å². The Hall–Kier alpha value is -3.48. The van der Waals surface area contributed by atoms with Crippen molar-refractivity contribution in [2.45, 2.75) is 13.3 Å². The molecule has 7 nitrogen and oxygen atoms in total. The van der Waals surface area contributed by atoms with E-state index in [0.717, 1.165) is 12.0 Å². The van der Waals surface area contributed by atoms with E-state index in [0.29, 0.717) is 22.8 Å². The lowest BCUT2D eigenvalue weighted by Gasteiger charge is -2.07. The molecule has 0 aliphatic heterocycles. The van der Waals surface area contributed by atoms with Gasteiger partial charge in [-0.3, -0.25) is 9.59 Å². The molecule has 1 aromatic heterocycles. The maximum Gasteiger partial charge on any atom is 0.314 e. The van der Waals surface area contributed by atoms with Crippen molar-refractivity contribution in [2.75, 3.05) is 10.6 Å². The number of aromatic nitrogens is 2. The summed E-state index contributed by atoms with van der Waals surface area (Å²) in [6, 6.07) is 14.1. The molecule has 2 N–H and O–H groups in total. The largest absolute Gasteiger partial charge is 0.423 e. The molecule has 0 atom stereocenters. The molecule has 0 fully saturated rings. The topological polar surface area (TPSA) is 97.1 Å². The molecule has 0 saturated heterocycles. The summed E-state index contributed by atoms with van der Waals surface area (Å²) >= 11 is 0. The van der Waals surface area contributed by atoms with Crippen LogP contribution in [0.2, 0.25) is 0 Å². The minimum absolute atomic E-state index is 0.330. The minimum Gasteiger partial charge on any atom is -0.423 e. The van der Waals surface area contributed by atoms with Gasteiger partial charge in [-0.1, -0.05) is 25.1 Å². The minimum atomic E-state index is -0.762. The Bertz CT molecular complexity index is 874. The van der Waals surface area contributed by atoms with Gasteiger partial charge in [0.05, 0.1) is 0 Å². The molecule has 0 spiro atoms. The predicted octanol–water partition coefficient (Wildman–Crippen LogP) is 2.88. The highest BCUT2D eigenvalue weighted by Gasteiger charge is 2.14. The molecule has 3 rings (SSSR count). The fraction of sp³-hybridized carbons (Fsp3) is 0.111. The lowest BCUT2D eigenvalue weighted by atomic mass is 10.1. The molecule has 0 unspecified atom stereocenters. The van der Waals surface area contributed by atoms with Crippen LogP contribution in [0.3, 0.4) is 0 Å². The summed E-state index contributed by atoms with van der Waals surface area (Å²) in [5.74, 6) is -1.17. The summed E-state index contributed by atoms with van der Waals surface area (Å²) in [6.07, 6.45) is 2.13. The van der Waals surface area contributed by atoms with Gasteiger partial charge >= 0.3 is 11.8 Å². The molecular formula is C18H16N4O3. The third-order valence-corrected chi connectivity index (χ3v) is 3.55. The maximum absolute atomic E-state index is 12.1. The number of carbonyl (C=O) groups excluding carboxylic acids is 2. The van der Waals surface area contributed by atoms with Gasteiger partial charge in [0, 0.05) is 16.9 Å². The molecule has 2 aromatic carbocycles. The van der Waals surface area contributed by atoms with Crippen LogP contribution in [0.25, 0.3) is 11.5 Å². The van der Waals surface area contributed by atoms with Gasteiger partial charge in [0.2, 0.25) is 12.3 Å². The first-order valence-electron chi connectivity index (χ1n) is 7.73. The summed E-state index contributed by atoms with van der Waals surface area (Å²) in [4.78, 5) is 24.1. The van der Waals surface area contributed by atoms with E-state index in [1.807, 2.05) is 19.1 Å². The van der Waals surface area contributed by atoms with Crippen LogP contribution in [0.15, 0.2) is 59.3 Å². The second-order valence-corrected chi connectivity index (χ2v) is 5.28. The highest BCUT2D eigenvalue weighted by molar-refractivity contribution is 6.43. The number of anilines is 2. The van der Waals surface area contributed by atoms with Crippen molar-refractivity contribution in [3.8, 4) is 11.5 Å². The first-order valence-corrected chi connectivity index (χ1v) is 7.73. The van der Waals surface area contributed by atoms with E-state index < -0.39 is 11.8 Å². The Kier molecular flexibility index (Phi) is 4.84. The van der Waals surface area contributed by atoms with Crippen LogP contribution < -0.4 is 10.6 Å². The molecule has 1 heterocycles. The van der Waals surface area contributed by atoms with Crippen molar-refractivity contribution in [1.82, 2.24) is 10.2 Å². The number of aryl methyl sites for hydroxylation is 1. The number of hydrogen-bond donors (Lipinski definition) is 2.